The maximum Gasteiger partial charge on any atom is 0.517 e. The molecule has 0 atom stereocenters. The van der Waals surface area contributed by atoms with Gasteiger partial charge in [-0.1, -0.05) is 118 Å². The standard InChI is InChI=1S/C43H35BN2O2/c1-42(2)36-17-10-15-28(30(36)24-34-37(42)18-11-19-39(34)44(47)45-48)26-20-21-40-32(22-26)33-23-31-29-14-8-9-16-35(29)43(3,4)38(31)25-41(33)46(40)27-12-6-5-7-13-27/h5-23,25,47H,24H2,1-4H3. The first-order valence-electron chi connectivity index (χ1n) is 16.7. The number of para-hydroxylation sites is 1. The number of nitrogens with zero attached hydrogens (tertiary/aromatic N) is 2. The average Bonchev–Trinajstić information content (AvgIpc) is 3.54. The molecule has 9 rings (SSSR count). The summed E-state index contributed by atoms with van der Waals surface area (Å²) in [5.74, 6) is 0. The summed E-state index contributed by atoms with van der Waals surface area (Å²) in [5.41, 5.74) is 16.0. The highest BCUT2D eigenvalue weighted by Gasteiger charge is 2.38. The van der Waals surface area contributed by atoms with E-state index in [9.17, 15) is 9.93 Å². The Morgan fingerprint density at radius 3 is 2.04 bits per heavy atom. The molecule has 0 radical (unpaired) electrons. The van der Waals surface area contributed by atoms with Gasteiger partial charge in [-0.2, -0.15) is 4.91 Å². The summed E-state index contributed by atoms with van der Waals surface area (Å²) in [6, 6.07) is 43.7. The Kier molecular flexibility index (Phi) is 6.10. The molecule has 1 heterocycles. The molecular formula is C43H35BN2O2. The van der Waals surface area contributed by atoms with E-state index in [1.165, 1.54) is 60.8 Å². The van der Waals surface area contributed by atoms with Crippen molar-refractivity contribution in [3.63, 3.8) is 0 Å². The van der Waals surface area contributed by atoms with Crippen LogP contribution in [-0.2, 0) is 17.3 Å². The van der Waals surface area contributed by atoms with Gasteiger partial charge in [-0.25, -0.2) is 0 Å². The zero-order chi connectivity index (χ0) is 32.9. The summed E-state index contributed by atoms with van der Waals surface area (Å²) in [6.07, 6.45) is 0.621. The van der Waals surface area contributed by atoms with Crippen molar-refractivity contribution in [1.29, 1.82) is 0 Å². The van der Waals surface area contributed by atoms with Crippen LogP contribution < -0.4 is 5.46 Å². The van der Waals surface area contributed by atoms with Crippen LogP contribution in [-0.4, -0.2) is 16.6 Å². The second-order valence-electron chi connectivity index (χ2n) is 14.5. The topological polar surface area (TPSA) is 54.6 Å². The molecule has 4 nitrogen and oxygen atoms in total. The summed E-state index contributed by atoms with van der Waals surface area (Å²) < 4.78 is 2.41. The number of benzene rings is 6. The van der Waals surface area contributed by atoms with Gasteiger partial charge in [0, 0.05) is 27.3 Å². The van der Waals surface area contributed by atoms with E-state index >= 15 is 0 Å². The maximum atomic E-state index is 11.5. The summed E-state index contributed by atoms with van der Waals surface area (Å²) >= 11 is 0. The van der Waals surface area contributed by atoms with E-state index in [2.05, 4.69) is 147 Å². The van der Waals surface area contributed by atoms with E-state index in [0.717, 1.165) is 22.4 Å². The van der Waals surface area contributed by atoms with Crippen LogP contribution in [0.4, 0.5) is 0 Å². The minimum Gasteiger partial charge on any atom is -0.425 e. The van der Waals surface area contributed by atoms with Crippen molar-refractivity contribution < 1.29 is 5.02 Å². The van der Waals surface area contributed by atoms with Gasteiger partial charge in [0.1, 0.15) is 0 Å². The molecule has 232 valence electrons. The summed E-state index contributed by atoms with van der Waals surface area (Å²) in [5, 5.41) is 16.0. The molecule has 5 heteroatoms. The quantitative estimate of drug-likeness (QED) is 0.157. The highest BCUT2D eigenvalue weighted by Crippen LogP contribution is 2.51. The Bertz CT molecular complexity index is 2470. The van der Waals surface area contributed by atoms with Gasteiger partial charge in [0.05, 0.1) is 11.0 Å². The van der Waals surface area contributed by atoms with Gasteiger partial charge in [-0.3, -0.25) is 0 Å². The van der Waals surface area contributed by atoms with Gasteiger partial charge < -0.3 is 9.59 Å². The molecule has 7 aromatic rings. The number of aromatic nitrogens is 1. The number of fused-ring (bicyclic) bond motifs is 8. The number of nitroso groups, excluding NO2 is 1. The third-order valence-electron chi connectivity index (χ3n) is 11.3. The van der Waals surface area contributed by atoms with Crippen LogP contribution in [0.3, 0.4) is 0 Å². The molecule has 1 N–H and O–H groups in total. The lowest BCUT2D eigenvalue weighted by molar-refractivity contribution is 0.584. The molecular weight excluding hydrogens is 587 g/mol. The van der Waals surface area contributed by atoms with Gasteiger partial charge in [0.2, 0.25) is 0 Å². The van der Waals surface area contributed by atoms with Gasteiger partial charge in [-0.15, -0.1) is 0 Å². The molecule has 0 spiro atoms. The van der Waals surface area contributed by atoms with E-state index in [0.29, 0.717) is 11.9 Å². The van der Waals surface area contributed by atoms with Crippen molar-refractivity contribution in [3.8, 4) is 27.9 Å². The Hall–Kier alpha value is -5.26. The zero-order valence-corrected chi connectivity index (χ0v) is 27.6. The molecule has 0 bridgehead atoms. The zero-order valence-electron chi connectivity index (χ0n) is 27.6. The van der Waals surface area contributed by atoms with Gasteiger partial charge in [0.25, 0.3) is 0 Å². The average molecular weight is 623 g/mol. The van der Waals surface area contributed by atoms with Crippen LogP contribution >= 0.6 is 0 Å². The van der Waals surface area contributed by atoms with E-state index in [1.54, 1.807) is 0 Å². The molecule has 6 aromatic carbocycles. The summed E-state index contributed by atoms with van der Waals surface area (Å²) in [7, 11) is -1.39. The predicted octanol–water partition coefficient (Wildman–Crippen LogP) is 9.44. The fourth-order valence-electron chi connectivity index (χ4n) is 8.88. The van der Waals surface area contributed by atoms with E-state index < -0.39 is 7.05 Å². The van der Waals surface area contributed by atoms with E-state index in [1.807, 2.05) is 12.1 Å². The SMILES string of the molecule is CC1(C)c2ccccc2-c2cc3c4cc(-c5cccc6c5Cc5c(B(O)N=O)cccc5C6(C)C)ccc4n(-c4ccccc4)c3cc21. The molecule has 0 amide bonds. The molecule has 2 aliphatic carbocycles. The van der Waals surface area contributed by atoms with Crippen LogP contribution in [0.25, 0.3) is 49.7 Å². The summed E-state index contributed by atoms with van der Waals surface area (Å²) in [4.78, 5) is 11.5. The monoisotopic (exact) mass is 622 g/mol. The lowest BCUT2D eigenvalue weighted by Crippen LogP contribution is -2.37. The molecule has 0 saturated carbocycles. The third kappa shape index (κ3) is 3.88. The van der Waals surface area contributed by atoms with Crippen LogP contribution in [0.1, 0.15) is 61.1 Å². The second-order valence-corrected chi connectivity index (χ2v) is 14.5. The highest BCUT2D eigenvalue weighted by atomic mass is 16.3. The first-order chi connectivity index (χ1) is 23.2. The van der Waals surface area contributed by atoms with Crippen molar-refractivity contribution in [3.05, 3.63) is 160 Å². The minimum absolute atomic E-state index is 0.0960. The molecule has 0 fully saturated rings. The third-order valence-corrected chi connectivity index (χ3v) is 11.3. The predicted molar refractivity (Wildman–Crippen MR) is 199 cm³/mol. The lowest BCUT2D eigenvalue weighted by atomic mass is 9.62. The van der Waals surface area contributed by atoms with Crippen molar-refractivity contribution in [1.82, 2.24) is 4.57 Å². The number of rotatable bonds is 4. The smallest absolute Gasteiger partial charge is 0.425 e. The van der Waals surface area contributed by atoms with Crippen molar-refractivity contribution in [2.45, 2.75) is 44.9 Å². The maximum absolute atomic E-state index is 11.5. The van der Waals surface area contributed by atoms with E-state index in [4.69, 9.17) is 0 Å². The normalized spacial score (nSPS) is 15.1. The Morgan fingerprint density at radius 2 is 1.25 bits per heavy atom. The lowest BCUT2D eigenvalue weighted by Gasteiger charge is -2.37. The first-order valence-corrected chi connectivity index (χ1v) is 16.7. The molecule has 2 aliphatic rings. The summed E-state index contributed by atoms with van der Waals surface area (Å²) in [6.45, 7) is 9.14. The van der Waals surface area contributed by atoms with Gasteiger partial charge >= 0.3 is 7.05 Å². The van der Waals surface area contributed by atoms with Gasteiger partial charge in [0.15, 0.2) is 0 Å². The molecule has 0 aliphatic heterocycles. The minimum atomic E-state index is -1.39. The Labute approximate surface area is 280 Å². The van der Waals surface area contributed by atoms with Gasteiger partial charge in [-0.05, 0) is 104 Å². The fourth-order valence-corrected chi connectivity index (χ4v) is 8.88. The first kappa shape index (κ1) is 28.9. The highest BCUT2D eigenvalue weighted by molar-refractivity contribution is 6.64. The van der Waals surface area contributed by atoms with Crippen LogP contribution in [0.2, 0.25) is 0 Å². The molecule has 48 heavy (non-hydrogen) atoms. The number of hydrogen-bond donors (Lipinski definition) is 1. The molecule has 0 saturated heterocycles. The van der Waals surface area contributed by atoms with Crippen LogP contribution in [0.15, 0.2) is 126 Å². The van der Waals surface area contributed by atoms with Crippen molar-refractivity contribution in [2.24, 2.45) is 5.09 Å². The van der Waals surface area contributed by atoms with Crippen LogP contribution in [0, 0.1) is 4.91 Å². The van der Waals surface area contributed by atoms with Crippen molar-refractivity contribution in [2.75, 3.05) is 0 Å². The molecule has 0 unspecified atom stereocenters. The number of hydrogen-bond acceptors (Lipinski definition) is 3. The largest absolute Gasteiger partial charge is 0.517 e. The van der Waals surface area contributed by atoms with Crippen LogP contribution in [0.5, 0.6) is 0 Å². The fraction of sp³-hybridized carbons (Fsp3) is 0.163. The van der Waals surface area contributed by atoms with Crippen molar-refractivity contribution >= 4 is 34.3 Å². The Morgan fingerprint density at radius 1 is 0.604 bits per heavy atom. The Balaban J connectivity index is 1.30. The van der Waals surface area contributed by atoms with E-state index in [-0.39, 0.29) is 10.8 Å². The second kappa shape index (κ2) is 10.1. The molecule has 1 aromatic heterocycles.